The summed E-state index contributed by atoms with van der Waals surface area (Å²) in [5, 5.41) is 14.4. The van der Waals surface area contributed by atoms with Crippen LogP contribution in [-0.2, 0) is 11.0 Å². The minimum absolute atomic E-state index is 0.0678. The van der Waals surface area contributed by atoms with Crippen molar-refractivity contribution in [3.8, 4) is 6.07 Å². The van der Waals surface area contributed by atoms with Gasteiger partial charge in [0.25, 0.3) is 0 Å². The predicted molar refractivity (Wildman–Crippen MR) is 124 cm³/mol. The summed E-state index contributed by atoms with van der Waals surface area (Å²) in [4.78, 5) is 16.3. The maximum absolute atomic E-state index is 13.0. The van der Waals surface area contributed by atoms with E-state index >= 15 is 0 Å². The van der Waals surface area contributed by atoms with Gasteiger partial charge < -0.3 is 10.2 Å². The fourth-order valence-electron chi connectivity index (χ4n) is 4.96. The summed E-state index contributed by atoms with van der Waals surface area (Å²) in [5.41, 5.74) is 0.451. The number of anilines is 1. The molecule has 4 rings (SSSR count). The second-order valence-corrected chi connectivity index (χ2v) is 9.98. The molecular weight excluding hydrogens is 449 g/mol. The average Bonchev–Trinajstić information content (AvgIpc) is 3.22. The van der Waals surface area contributed by atoms with Crippen LogP contribution in [0.25, 0.3) is 10.1 Å². The molecule has 5 nitrogen and oxygen atoms in total. The van der Waals surface area contributed by atoms with Gasteiger partial charge in [0.15, 0.2) is 0 Å². The smallest absolute Gasteiger partial charge is 0.368 e. The Labute approximate surface area is 196 Å². The number of halogens is 3. The van der Waals surface area contributed by atoms with Crippen LogP contribution in [0.15, 0.2) is 23.6 Å². The Hall–Kier alpha value is -2.31. The number of nitriles is 1. The van der Waals surface area contributed by atoms with Crippen LogP contribution in [0.2, 0.25) is 0 Å². The number of thiophene rings is 1. The Bertz CT molecular complexity index is 999. The van der Waals surface area contributed by atoms with Crippen molar-refractivity contribution in [3.05, 3.63) is 29.1 Å². The van der Waals surface area contributed by atoms with Gasteiger partial charge in [0.05, 0.1) is 17.3 Å². The van der Waals surface area contributed by atoms with E-state index in [2.05, 4.69) is 15.1 Å². The molecule has 1 aliphatic carbocycles. The molecule has 0 radical (unpaired) electrons. The summed E-state index contributed by atoms with van der Waals surface area (Å²) in [5.74, 6) is 0.508. The molecule has 178 valence electrons. The SMILES string of the molecule is N#CCC(=O)N[C@H]1CC[C@H](CCN2CCN(c3csc4cc(C(F)(F)F)ccc34)CC2)CC1. The summed E-state index contributed by atoms with van der Waals surface area (Å²) in [7, 11) is 0. The van der Waals surface area contributed by atoms with Crippen molar-refractivity contribution in [2.75, 3.05) is 37.6 Å². The van der Waals surface area contributed by atoms with Gasteiger partial charge in [0.2, 0.25) is 5.91 Å². The molecule has 1 aromatic heterocycles. The monoisotopic (exact) mass is 478 g/mol. The van der Waals surface area contributed by atoms with E-state index in [1.807, 2.05) is 11.4 Å². The number of rotatable bonds is 6. The highest BCUT2D eigenvalue weighted by Gasteiger charge is 2.31. The molecule has 2 aromatic rings. The zero-order valence-corrected chi connectivity index (χ0v) is 19.4. The lowest BCUT2D eigenvalue weighted by atomic mass is 9.84. The first-order chi connectivity index (χ1) is 15.8. The van der Waals surface area contributed by atoms with Crippen LogP contribution in [0.5, 0.6) is 0 Å². The molecule has 2 heterocycles. The predicted octanol–water partition coefficient (Wildman–Crippen LogP) is 5.02. The van der Waals surface area contributed by atoms with E-state index in [-0.39, 0.29) is 18.4 Å². The van der Waals surface area contributed by atoms with Gasteiger partial charge in [-0.05, 0) is 56.7 Å². The van der Waals surface area contributed by atoms with E-state index in [0.29, 0.717) is 10.6 Å². The van der Waals surface area contributed by atoms with Crippen molar-refractivity contribution in [1.82, 2.24) is 10.2 Å². The van der Waals surface area contributed by atoms with Gasteiger partial charge in [-0.2, -0.15) is 18.4 Å². The van der Waals surface area contributed by atoms with Gasteiger partial charge in [0, 0.05) is 47.7 Å². The molecule has 1 saturated heterocycles. The second-order valence-electron chi connectivity index (χ2n) is 9.07. The first-order valence-corrected chi connectivity index (χ1v) is 12.4. The molecule has 0 spiro atoms. The molecule has 1 aliphatic heterocycles. The maximum atomic E-state index is 13.0. The lowest BCUT2D eigenvalue weighted by Crippen LogP contribution is -2.47. The molecule has 33 heavy (non-hydrogen) atoms. The minimum Gasteiger partial charge on any atom is -0.368 e. The lowest BCUT2D eigenvalue weighted by molar-refractivity contribution is -0.137. The zero-order chi connectivity index (χ0) is 23.4. The van der Waals surface area contributed by atoms with Crippen molar-refractivity contribution in [1.29, 1.82) is 5.26 Å². The summed E-state index contributed by atoms with van der Waals surface area (Å²) in [6.07, 6.45) is 0.959. The average molecular weight is 479 g/mol. The molecule has 0 atom stereocenters. The van der Waals surface area contributed by atoms with Gasteiger partial charge in [-0.25, -0.2) is 0 Å². The number of nitrogens with one attached hydrogen (secondary N) is 1. The highest BCUT2D eigenvalue weighted by molar-refractivity contribution is 7.17. The highest BCUT2D eigenvalue weighted by atomic mass is 32.1. The van der Waals surface area contributed by atoms with Crippen molar-refractivity contribution in [2.24, 2.45) is 5.92 Å². The Morgan fingerprint density at radius 3 is 2.55 bits per heavy atom. The van der Waals surface area contributed by atoms with E-state index in [9.17, 15) is 18.0 Å². The highest BCUT2D eigenvalue weighted by Crippen LogP contribution is 2.38. The van der Waals surface area contributed by atoms with Crippen molar-refractivity contribution in [2.45, 2.75) is 50.7 Å². The Balaban J connectivity index is 1.22. The standard InChI is InChI=1S/C24H29F3N4OS/c25-24(26,27)18-3-6-20-21(16-33-22(20)15-18)31-13-11-30(12-14-31)10-8-17-1-4-19(5-2-17)29-23(32)7-9-28/h3,6,15-17,19H,1-2,4-5,7-8,10-14H2,(H,29,32)/t17-,19-. The summed E-state index contributed by atoms with van der Waals surface area (Å²) in [6.45, 7) is 4.73. The molecule has 2 fully saturated rings. The fraction of sp³-hybridized carbons (Fsp3) is 0.583. The zero-order valence-electron chi connectivity index (χ0n) is 18.5. The van der Waals surface area contributed by atoms with E-state index in [1.165, 1.54) is 23.5 Å². The molecule has 9 heteroatoms. The fourth-order valence-corrected chi connectivity index (χ4v) is 5.97. The topological polar surface area (TPSA) is 59.4 Å². The summed E-state index contributed by atoms with van der Waals surface area (Å²) < 4.78 is 39.6. The number of hydrogen-bond acceptors (Lipinski definition) is 5. The molecule has 1 saturated carbocycles. The number of alkyl halides is 3. The van der Waals surface area contributed by atoms with E-state index in [1.54, 1.807) is 6.07 Å². The number of hydrogen-bond donors (Lipinski definition) is 1. The summed E-state index contributed by atoms with van der Waals surface area (Å²) in [6, 6.07) is 6.14. The maximum Gasteiger partial charge on any atom is 0.416 e. The van der Waals surface area contributed by atoms with Gasteiger partial charge in [-0.15, -0.1) is 11.3 Å². The molecule has 0 bridgehead atoms. The number of carbonyl (C=O) groups excluding carboxylic acids is 1. The molecular formula is C24H29F3N4OS. The van der Waals surface area contributed by atoms with Gasteiger partial charge >= 0.3 is 6.18 Å². The Morgan fingerprint density at radius 2 is 1.88 bits per heavy atom. The van der Waals surface area contributed by atoms with E-state index in [0.717, 1.165) is 75.9 Å². The first kappa shape index (κ1) is 23.8. The van der Waals surface area contributed by atoms with Gasteiger partial charge in [-0.1, -0.05) is 6.07 Å². The largest absolute Gasteiger partial charge is 0.416 e. The number of nitrogens with zero attached hydrogens (tertiary/aromatic N) is 3. The van der Waals surface area contributed by atoms with Gasteiger partial charge in [0.1, 0.15) is 6.42 Å². The Kier molecular flexibility index (Phi) is 7.45. The van der Waals surface area contributed by atoms with Crippen LogP contribution in [0.3, 0.4) is 0 Å². The van der Waals surface area contributed by atoms with Crippen molar-refractivity contribution in [3.63, 3.8) is 0 Å². The van der Waals surface area contributed by atoms with E-state index in [4.69, 9.17) is 5.26 Å². The third kappa shape index (κ3) is 5.98. The number of carbonyl (C=O) groups is 1. The second kappa shape index (κ2) is 10.3. The van der Waals surface area contributed by atoms with Crippen molar-refractivity contribution >= 4 is 33.0 Å². The van der Waals surface area contributed by atoms with Crippen LogP contribution < -0.4 is 10.2 Å². The Morgan fingerprint density at radius 1 is 1.15 bits per heavy atom. The molecule has 1 amide bonds. The van der Waals surface area contributed by atoms with Crippen LogP contribution in [0.4, 0.5) is 18.9 Å². The number of benzene rings is 1. The quantitative estimate of drug-likeness (QED) is 0.633. The third-order valence-electron chi connectivity index (χ3n) is 6.90. The van der Waals surface area contributed by atoms with Gasteiger partial charge in [-0.3, -0.25) is 9.69 Å². The third-order valence-corrected chi connectivity index (χ3v) is 7.83. The van der Waals surface area contributed by atoms with Crippen LogP contribution >= 0.6 is 11.3 Å². The van der Waals surface area contributed by atoms with E-state index < -0.39 is 11.7 Å². The molecule has 2 aliphatic rings. The lowest BCUT2D eigenvalue weighted by Gasteiger charge is -2.37. The van der Waals surface area contributed by atoms with Crippen LogP contribution in [0, 0.1) is 17.2 Å². The van der Waals surface area contributed by atoms with Crippen LogP contribution in [-0.4, -0.2) is 49.6 Å². The van der Waals surface area contributed by atoms with Crippen molar-refractivity contribution < 1.29 is 18.0 Å². The number of piperazine rings is 1. The molecule has 1 N–H and O–H groups in total. The summed E-state index contributed by atoms with van der Waals surface area (Å²) >= 11 is 1.38. The number of fused-ring (bicyclic) bond motifs is 1. The first-order valence-electron chi connectivity index (χ1n) is 11.6. The molecule has 1 aromatic carbocycles. The number of amides is 1. The van der Waals surface area contributed by atoms with Crippen LogP contribution in [0.1, 0.15) is 44.1 Å². The normalized spacial score (nSPS) is 22.3. The minimum atomic E-state index is -4.31. The molecule has 0 unspecified atom stereocenters.